The lowest BCUT2D eigenvalue weighted by molar-refractivity contribution is 0.392. The molecule has 1 atom stereocenters. The van der Waals surface area contributed by atoms with Gasteiger partial charge in [0.25, 0.3) is 0 Å². The Hall–Kier alpha value is -0.260. The molecule has 0 N–H and O–H groups in total. The van der Waals surface area contributed by atoms with Gasteiger partial charge in [-0.3, -0.25) is 0 Å². The van der Waals surface area contributed by atoms with Crippen molar-refractivity contribution in [3.63, 3.8) is 0 Å². The van der Waals surface area contributed by atoms with E-state index in [1.54, 1.807) is 0 Å². The van der Waals surface area contributed by atoms with E-state index in [9.17, 15) is 0 Å². The largest absolute Gasteiger partial charge is 0.100 e. The predicted octanol–water partition coefficient (Wildman–Crippen LogP) is 3.63. The highest BCUT2D eigenvalue weighted by molar-refractivity contribution is 4.87. The van der Waals surface area contributed by atoms with Crippen molar-refractivity contribution in [2.24, 2.45) is 11.8 Å². The van der Waals surface area contributed by atoms with Crippen molar-refractivity contribution < 1.29 is 0 Å². The van der Waals surface area contributed by atoms with E-state index in [4.69, 9.17) is 0 Å². The Morgan fingerprint density at radius 3 is 2.10 bits per heavy atom. The number of allylic oxidation sites excluding steroid dienone is 1. The van der Waals surface area contributed by atoms with E-state index in [1.165, 1.54) is 18.4 Å². The van der Waals surface area contributed by atoms with Crippen molar-refractivity contribution >= 4 is 0 Å². The smallest absolute Gasteiger partial charge is 0.0323 e. The number of rotatable bonds is 4. The van der Waals surface area contributed by atoms with Crippen molar-refractivity contribution in [3.05, 3.63) is 12.2 Å². The Morgan fingerprint density at radius 2 is 1.80 bits per heavy atom. The lowest BCUT2D eigenvalue weighted by Gasteiger charge is -2.14. The maximum absolute atomic E-state index is 3.89. The summed E-state index contributed by atoms with van der Waals surface area (Å²) in [4.78, 5) is 0. The molecule has 10 heavy (non-hydrogen) atoms. The second-order valence-electron chi connectivity index (χ2n) is 3.72. The molecule has 1 unspecified atom stereocenters. The Bertz CT molecular complexity index is 101. The average molecular weight is 140 g/mol. The summed E-state index contributed by atoms with van der Waals surface area (Å²) in [5, 5.41) is 0. The maximum atomic E-state index is 3.89. The lowest BCUT2D eigenvalue weighted by atomic mass is 9.92. The summed E-state index contributed by atoms with van der Waals surface area (Å²) in [7, 11) is 0. The van der Waals surface area contributed by atoms with Crippen molar-refractivity contribution in [2.45, 2.75) is 40.5 Å². The number of hydrogen-bond acceptors (Lipinski definition) is 0. The lowest BCUT2D eigenvalue weighted by Crippen LogP contribution is -2.03. The van der Waals surface area contributed by atoms with Gasteiger partial charge >= 0.3 is 0 Å². The molecule has 60 valence electrons. The van der Waals surface area contributed by atoms with Gasteiger partial charge in [-0.1, -0.05) is 26.3 Å². The molecule has 0 heterocycles. The second kappa shape index (κ2) is 4.54. The average Bonchev–Trinajstić information content (AvgIpc) is 1.82. The van der Waals surface area contributed by atoms with Crippen LogP contribution in [0.4, 0.5) is 0 Å². The summed E-state index contributed by atoms with van der Waals surface area (Å²) >= 11 is 0. The van der Waals surface area contributed by atoms with E-state index in [-0.39, 0.29) is 0 Å². The fraction of sp³-hybridized carbons (Fsp3) is 0.800. The van der Waals surface area contributed by atoms with Gasteiger partial charge in [-0.25, -0.2) is 0 Å². The predicted molar refractivity (Wildman–Crippen MR) is 48.1 cm³/mol. The molecular weight excluding hydrogens is 120 g/mol. The van der Waals surface area contributed by atoms with Crippen molar-refractivity contribution in [3.8, 4) is 0 Å². The van der Waals surface area contributed by atoms with Crippen LogP contribution in [0.15, 0.2) is 12.2 Å². The topological polar surface area (TPSA) is 0 Å². The Labute approximate surface area is 65.3 Å². The molecule has 0 aliphatic heterocycles. The quantitative estimate of drug-likeness (QED) is 0.523. The van der Waals surface area contributed by atoms with Gasteiger partial charge in [-0.15, -0.1) is 6.58 Å². The van der Waals surface area contributed by atoms with Crippen LogP contribution in [0.3, 0.4) is 0 Å². The third-order valence-corrected chi connectivity index (χ3v) is 2.16. The number of hydrogen-bond donors (Lipinski definition) is 0. The van der Waals surface area contributed by atoms with Gasteiger partial charge < -0.3 is 0 Å². The Kier molecular flexibility index (Phi) is 4.42. The van der Waals surface area contributed by atoms with Crippen LogP contribution in [0.25, 0.3) is 0 Å². The molecule has 0 heteroatoms. The molecule has 0 saturated heterocycles. The summed E-state index contributed by atoms with van der Waals surface area (Å²) < 4.78 is 0. The van der Waals surface area contributed by atoms with Crippen LogP contribution in [-0.2, 0) is 0 Å². The third kappa shape index (κ3) is 4.60. The first-order chi connectivity index (χ1) is 4.54. The first-order valence-corrected chi connectivity index (χ1v) is 4.18. The zero-order valence-corrected chi connectivity index (χ0v) is 7.78. The molecule has 0 fully saturated rings. The molecule has 0 nitrogen and oxygen atoms in total. The third-order valence-electron chi connectivity index (χ3n) is 2.16. The van der Waals surface area contributed by atoms with Gasteiger partial charge in [-0.2, -0.15) is 0 Å². The zero-order valence-electron chi connectivity index (χ0n) is 7.78. The molecule has 0 aromatic heterocycles. The van der Waals surface area contributed by atoms with Crippen molar-refractivity contribution in [1.29, 1.82) is 0 Å². The minimum atomic E-state index is 0.819. The standard InChI is InChI=1S/C10H20/c1-8(2)6-7-10(5)9(3)4/h9-10H,1,6-7H2,2-5H3. The van der Waals surface area contributed by atoms with Crippen LogP contribution in [-0.4, -0.2) is 0 Å². The minimum absolute atomic E-state index is 0.819. The molecule has 0 aromatic rings. The van der Waals surface area contributed by atoms with Crippen molar-refractivity contribution in [1.82, 2.24) is 0 Å². The molecular formula is C10H20. The fourth-order valence-corrected chi connectivity index (χ4v) is 0.807. The van der Waals surface area contributed by atoms with Crippen LogP contribution in [0.2, 0.25) is 0 Å². The first-order valence-electron chi connectivity index (χ1n) is 4.18. The molecule has 0 saturated carbocycles. The van der Waals surface area contributed by atoms with Crippen LogP contribution in [0, 0.1) is 11.8 Å². The van der Waals surface area contributed by atoms with E-state index in [0.29, 0.717) is 0 Å². The summed E-state index contributed by atoms with van der Waals surface area (Å²) in [5.41, 5.74) is 1.31. The van der Waals surface area contributed by atoms with Gasteiger partial charge in [0.15, 0.2) is 0 Å². The van der Waals surface area contributed by atoms with E-state index in [2.05, 4.69) is 34.3 Å². The highest BCUT2D eigenvalue weighted by Gasteiger charge is 2.05. The monoisotopic (exact) mass is 140 g/mol. The molecule has 0 radical (unpaired) electrons. The maximum Gasteiger partial charge on any atom is -0.0323 e. The van der Waals surface area contributed by atoms with E-state index in [0.717, 1.165) is 11.8 Å². The minimum Gasteiger partial charge on any atom is -0.100 e. The molecule has 0 amide bonds. The van der Waals surface area contributed by atoms with E-state index < -0.39 is 0 Å². The summed E-state index contributed by atoms with van der Waals surface area (Å²) in [6.45, 7) is 12.9. The normalized spacial score (nSPS) is 13.7. The van der Waals surface area contributed by atoms with Gasteiger partial charge in [0.2, 0.25) is 0 Å². The summed E-state index contributed by atoms with van der Waals surface area (Å²) in [5.74, 6) is 1.66. The Morgan fingerprint density at radius 1 is 1.30 bits per heavy atom. The van der Waals surface area contributed by atoms with Crippen LogP contribution in [0.1, 0.15) is 40.5 Å². The van der Waals surface area contributed by atoms with Crippen LogP contribution in [0.5, 0.6) is 0 Å². The van der Waals surface area contributed by atoms with Crippen LogP contribution >= 0.6 is 0 Å². The zero-order chi connectivity index (χ0) is 8.15. The molecule has 0 rings (SSSR count). The van der Waals surface area contributed by atoms with Gasteiger partial charge in [0, 0.05) is 0 Å². The summed E-state index contributed by atoms with van der Waals surface area (Å²) in [6.07, 6.45) is 2.49. The van der Waals surface area contributed by atoms with E-state index in [1.807, 2.05) is 0 Å². The first kappa shape index (κ1) is 9.74. The second-order valence-corrected chi connectivity index (χ2v) is 3.72. The van der Waals surface area contributed by atoms with Crippen LogP contribution < -0.4 is 0 Å². The molecule has 0 aromatic carbocycles. The summed E-state index contributed by atoms with van der Waals surface area (Å²) in [6, 6.07) is 0. The van der Waals surface area contributed by atoms with Crippen molar-refractivity contribution in [2.75, 3.05) is 0 Å². The SMILES string of the molecule is C=C(C)CCC(C)C(C)C. The molecule has 0 aliphatic rings. The highest BCUT2D eigenvalue weighted by atomic mass is 14.1. The van der Waals surface area contributed by atoms with E-state index >= 15 is 0 Å². The molecule has 0 bridgehead atoms. The van der Waals surface area contributed by atoms with Gasteiger partial charge in [0.05, 0.1) is 0 Å². The Balaban J connectivity index is 3.39. The molecule has 0 aliphatic carbocycles. The van der Waals surface area contributed by atoms with Gasteiger partial charge in [0.1, 0.15) is 0 Å². The van der Waals surface area contributed by atoms with Gasteiger partial charge in [-0.05, 0) is 31.6 Å². The molecule has 0 spiro atoms. The highest BCUT2D eigenvalue weighted by Crippen LogP contribution is 2.17. The fourth-order valence-electron chi connectivity index (χ4n) is 0.807.